The van der Waals surface area contributed by atoms with Crippen molar-refractivity contribution in [2.75, 3.05) is 5.32 Å². The summed E-state index contributed by atoms with van der Waals surface area (Å²) in [5.41, 5.74) is 0.369. The Bertz CT molecular complexity index is 874. The number of carbonyl (C=O) groups excluding carboxylic acids is 2. The summed E-state index contributed by atoms with van der Waals surface area (Å²) in [4.78, 5) is 28.8. The van der Waals surface area contributed by atoms with Gasteiger partial charge in [0.25, 0.3) is 0 Å². The third kappa shape index (κ3) is 5.85. The standard InChI is InChI=1S/C21H23N3O3S/c1-21(2,3)24-20-23-19(26)17(28-20)13-18(25)22-14-9-11-16(12-10-14)27-15-7-5-4-6-8-15/h4-12,17H,13H2,1-3H3,(H,22,25)(H,23,24,26)/t17-/m1/s1. The Balaban J connectivity index is 1.54. The van der Waals surface area contributed by atoms with E-state index in [0.29, 0.717) is 16.6 Å². The minimum Gasteiger partial charge on any atom is -0.457 e. The van der Waals surface area contributed by atoms with Crippen molar-refractivity contribution in [3.63, 3.8) is 0 Å². The molecule has 2 amide bonds. The van der Waals surface area contributed by atoms with Crippen molar-refractivity contribution < 1.29 is 14.3 Å². The Morgan fingerprint density at radius 3 is 2.39 bits per heavy atom. The van der Waals surface area contributed by atoms with Gasteiger partial charge in [-0.15, -0.1) is 0 Å². The first kappa shape index (κ1) is 19.9. The highest BCUT2D eigenvalue weighted by Crippen LogP contribution is 2.26. The Hall–Kier alpha value is -2.80. The van der Waals surface area contributed by atoms with Gasteiger partial charge in [-0.2, -0.15) is 0 Å². The molecule has 28 heavy (non-hydrogen) atoms. The fraction of sp³-hybridized carbons (Fsp3) is 0.286. The highest BCUT2D eigenvalue weighted by Gasteiger charge is 2.32. The maximum atomic E-state index is 12.3. The zero-order chi connectivity index (χ0) is 20.1. The topological polar surface area (TPSA) is 79.8 Å². The molecule has 2 aromatic rings. The SMILES string of the molecule is CC(C)(C)N=C1NC(=O)[C@@H](CC(=O)Nc2ccc(Oc3ccccc3)cc2)S1. The molecule has 0 bridgehead atoms. The van der Waals surface area contributed by atoms with Crippen LogP contribution in [0.5, 0.6) is 11.5 Å². The average Bonchev–Trinajstić information content (AvgIpc) is 2.94. The second-order valence-corrected chi connectivity index (χ2v) is 8.57. The Morgan fingerprint density at radius 2 is 1.75 bits per heavy atom. The van der Waals surface area contributed by atoms with Crippen molar-refractivity contribution in [1.82, 2.24) is 5.32 Å². The van der Waals surface area contributed by atoms with Crippen molar-refractivity contribution in [2.45, 2.75) is 38.0 Å². The van der Waals surface area contributed by atoms with Gasteiger partial charge >= 0.3 is 0 Å². The minimum atomic E-state index is -0.471. The number of hydrogen-bond acceptors (Lipinski definition) is 5. The highest BCUT2D eigenvalue weighted by atomic mass is 32.2. The van der Waals surface area contributed by atoms with Crippen LogP contribution >= 0.6 is 11.8 Å². The summed E-state index contributed by atoms with van der Waals surface area (Å²) in [6, 6.07) is 16.6. The molecular weight excluding hydrogens is 374 g/mol. The monoisotopic (exact) mass is 397 g/mol. The van der Waals surface area contributed by atoms with Crippen molar-refractivity contribution in [1.29, 1.82) is 0 Å². The first-order valence-electron chi connectivity index (χ1n) is 8.99. The summed E-state index contributed by atoms with van der Waals surface area (Å²) in [5.74, 6) is 1.02. The Kier molecular flexibility index (Phi) is 6.04. The molecule has 1 heterocycles. The first-order chi connectivity index (χ1) is 13.3. The smallest absolute Gasteiger partial charge is 0.240 e. The number of para-hydroxylation sites is 1. The van der Waals surface area contributed by atoms with Gasteiger partial charge in [-0.25, -0.2) is 0 Å². The van der Waals surface area contributed by atoms with E-state index in [2.05, 4.69) is 15.6 Å². The number of rotatable bonds is 5. The van der Waals surface area contributed by atoms with Crippen LogP contribution in [0.3, 0.4) is 0 Å². The predicted octanol–water partition coefficient (Wildman–Crippen LogP) is 4.19. The zero-order valence-electron chi connectivity index (χ0n) is 16.1. The lowest BCUT2D eigenvalue weighted by molar-refractivity contribution is -0.122. The molecule has 3 rings (SSSR count). The van der Waals surface area contributed by atoms with Crippen LogP contribution in [0.15, 0.2) is 59.6 Å². The third-order valence-electron chi connectivity index (χ3n) is 3.70. The van der Waals surface area contributed by atoms with Crippen molar-refractivity contribution in [3.05, 3.63) is 54.6 Å². The minimum absolute atomic E-state index is 0.0852. The van der Waals surface area contributed by atoms with E-state index in [4.69, 9.17) is 4.74 Å². The average molecular weight is 398 g/mol. The second kappa shape index (κ2) is 8.48. The number of benzene rings is 2. The lowest BCUT2D eigenvalue weighted by Crippen LogP contribution is -2.28. The van der Waals surface area contributed by atoms with Crippen LogP contribution in [0, 0.1) is 0 Å². The van der Waals surface area contributed by atoms with Crippen LogP contribution < -0.4 is 15.4 Å². The first-order valence-corrected chi connectivity index (χ1v) is 9.87. The van der Waals surface area contributed by atoms with Gasteiger partial charge in [0.1, 0.15) is 16.7 Å². The van der Waals surface area contributed by atoms with Crippen LogP contribution in [0.1, 0.15) is 27.2 Å². The summed E-state index contributed by atoms with van der Waals surface area (Å²) >= 11 is 1.30. The normalized spacial score (nSPS) is 18.0. The van der Waals surface area contributed by atoms with E-state index in [0.717, 1.165) is 5.75 Å². The molecule has 6 nitrogen and oxygen atoms in total. The van der Waals surface area contributed by atoms with Gasteiger partial charge in [0, 0.05) is 12.1 Å². The molecule has 2 N–H and O–H groups in total. The molecule has 0 radical (unpaired) electrons. The van der Waals surface area contributed by atoms with Gasteiger partial charge in [-0.3, -0.25) is 14.6 Å². The molecule has 0 aliphatic carbocycles. The van der Waals surface area contributed by atoms with Gasteiger partial charge in [-0.1, -0.05) is 30.0 Å². The fourth-order valence-electron chi connectivity index (χ4n) is 2.51. The molecule has 0 aromatic heterocycles. The van der Waals surface area contributed by atoms with E-state index in [-0.39, 0.29) is 23.8 Å². The van der Waals surface area contributed by atoms with Crippen LogP contribution in [0.25, 0.3) is 0 Å². The summed E-state index contributed by atoms with van der Waals surface area (Å²) < 4.78 is 5.73. The number of amidine groups is 1. The van der Waals surface area contributed by atoms with Gasteiger partial charge in [-0.05, 0) is 57.2 Å². The predicted molar refractivity (Wildman–Crippen MR) is 113 cm³/mol. The summed E-state index contributed by atoms with van der Waals surface area (Å²) in [5, 5.41) is 5.65. The fourth-order valence-corrected chi connectivity index (χ4v) is 3.66. The molecule has 1 fully saturated rings. The van der Waals surface area contributed by atoms with Crippen LogP contribution in [0.2, 0.25) is 0 Å². The summed E-state index contributed by atoms with van der Waals surface area (Å²) in [7, 11) is 0. The number of nitrogens with zero attached hydrogens (tertiary/aromatic N) is 1. The number of aliphatic imine (C=N–C) groups is 1. The van der Waals surface area contributed by atoms with E-state index in [9.17, 15) is 9.59 Å². The number of hydrogen-bond donors (Lipinski definition) is 2. The number of thioether (sulfide) groups is 1. The summed E-state index contributed by atoms with van der Waals surface area (Å²) in [6.45, 7) is 5.87. The third-order valence-corrected chi connectivity index (χ3v) is 4.78. The number of carbonyl (C=O) groups is 2. The van der Waals surface area contributed by atoms with Gasteiger partial charge in [0.15, 0.2) is 5.17 Å². The highest BCUT2D eigenvalue weighted by molar-refractivity contribution is 8.15. The zero-order valence-corrected chi connectivity index (χ0v) is 16.9. The van der Waals surface area contributed by atoms with E-state index in [1.807, 2.05) is 51.1 Å². The Morgan fingerprint density at radius 1 is 1.11 bits per heavy atom. The van der Waals surface area contributed by atoms with Gasteiger partial charge < -0.3 is 15.4 Å². The number of ether oxygens (including phenoxy) is 1. The van der Waals surface area contributed by atoms with E-state index >= 15 is 0 Å². The number of anilines is 1. The molecule has 0 unspecified atom stereocenters. The molecule has 1 aliphatic heterocycles. The van der Waals surface area contributed by atoms with E-state index in [1.165, 1.54) is 11.8 Å². The molecule has 7 heteroatoms. The lowest BCUT2D eigenvalue weighted by Gasteiger charge is -2.12. The second-order valence-electron chi connectivity index (χ2n) is 7.38. The Labute approximate surface area is 168 Å². The maximum Gasteiger partial charge on any atom is 0.240 e. The van der Waals surface area contributed by atoms with Crippen molar-refractivity contribution in [2.24, 2.45) is 4.99 Å². The van der Waals surface area contributed by atoms with Crippen molar-refractivity contribution in [3.8, 4) is 11.5 Å². The molecule has 1 atom stereocenters. The molecule has 146 valence electrons. The van der Waals surface area contributed by atoms with Crippen LogP contribution in [-0.2, 0) is 9.59 Å². The van der Waals surface area contributed by atoms with Crippen LogP contribution in [-0.4, -0.2) is 27.8 Å². The molecule has 0 saturated carbocycles. The summed E-state index contributed by atoms with van der Waals surface area (Å²) in [6.07, 6.45) is 0.0852. The largest absolute Gasteiger partial charge is 0.457 e. The molecular formula is C21H23N3O3S. The van der Waals surface area contributed by atoms with E-state index in [1.54, 1.807) is 24.3 Å². The van der Waals surface area contributed by atoms with Crippen LogP contribution in [0.4, 0.5) is 5.69 Å². The van der Waals surface area contributed by atoms with Gasteiger partial charge in [0.05, 0.1) is 5.54 Å². The maximum absolute atomic E-state index is 12.3. The number of amides is 2. The number of nitrogens with one attached hydrogen (secondary N) is 2. The molecule has 1 aliphatic rings. The molecule has 0 spiro atoms. The lowest BCUT2D eigenvalue weighted by atomic mass is 10.1. The molecule has 1 saturated heterocycles. The quantitative estimate of drug-likeness (QED) is 0.793. The van der Waals surface area contributed by atoms with Crippen molar-refractivity contribution >= 4 is 34.4 Å². The van der Waals surface area contributed by atoms with Gasteiger partial charge in [0.2, 0.25) is 11.8 Å². The van der Waals surface area contributed by atoms with E-state index < -0.39 is 5.25 Å². The molecule has 2 aromatic carbocycles.